The summed E-state index contributed by atoms with van der Waals surface area (Å²) < 4.78 is 1.12. The van der Waals surface area contributed by atoms with E-state index >= 15 is 0 Å². The molecule has 1 N–H and O–H groups in total. The number of halogens is 1. The van der Waals surface area contributed by atoms with E-state index in [1.165, 1.54) is 18.5 Å². The van der Waals surface area contributed by atoms with Gasteiger partial charge in [-0.1, -0.05) is 35.3 Å². The molecule has 96 valence electrons. The lowest BCUT2D eigenvalue weighted by molar-refractivity contribution is 0.254. The van der Waals surface area contributed by atoms with Crippen LogP contribution in [0.2, 0.25) is 0 Å². The van der Waals surface area contributed by atoms with Gasteiger partial charge in [-0.15, -0.1) is 0 Å². The normalized spacial score (nSPS) is 12.8. The monoisotopic (exact) mass is 298 g/mol. The number of hydrogen-bond donors (Lipinski definition) is 1. The van der Waals surface area contributed by atoms with Crippen LogP contribution in [0.4, 0.5) is 5.69 Å². The predicted molar refractivity (Wildman–Crippen MR) is 79.6 cm³/mol. The lowest BCUT2D eigenvalue weighted by Crippen LogP contribution is -2.33. The maximum atomic E-state index is 3.48. The van der Waals surface area contributed by atoms with Gasteiger partial charge in [-0.05, 0) is 38.6 Å². The Hall–Kier alpha value is -0.540. The highest BCUT2D eigenvalue weighted by molar-refractivity contribution is 9.10. The van der Waals surface area contributed by atoms with E-state index in [-0.39, 0.29) is 0 Å². The van der Waals surface area contributed by atoms with Crippen molar-refractivity contribution in [2.24, 2.45) is 0 Å². The van der Waals surface area contributed by atoms with E-state index in [4.69, 9.17) is 0 Å². The molecule has 0 saturated heterocycles. The van der Waals surface area contributed by atoms with Crippen LogP contribution < -0.4 is 5.32 Å². The molecule has 0 fully saturated rings. The maximum Gasteiger partial charge on any atom is 0.0351 e. The van der Waals surface area contributed by atoms with E-state index in [0.29, 0.717) is 6.04 Å². The van der Waals surface area contributed by atoms with Gasteiger partial charge in [-0.3, -0.25) is 0 Å². The molecule has 3 heteroatoms. The minimum Gasteiger partial charge on any atom is -0.384 e. The molecule has 1 aromatic rings. The first-order valence-corrected chi connectivity index (χ1v) is 7.12. The molecular weight excluding hydrogens is 276 g/mol. The number of nitrogens with zero attached hydrogens (tertiary/aromatic N) is 1. The number of nitrogens with one attached hydrogen (secondary N) is 1. The topological polar surface area (TPSA) is 15.3 Å². The van der Waals surface area contributed by atoms with Gasteiger partial charge in [0.2, 0.25) is 0 Å². The van der Waals surface area contributed by atoms with Gasteiger partial charge in [0.1, 0.15) is 0 Å². The van der Waals surface area contributed by atoms with Gasteiger partial charge in [0, 0.05) is 29.3 Å². The zero-order valence-corrected chi connectivity index (χ0v) is 12.6. The fourth-order valence-corrected chi connectivity index (χ4v) is 2.23. The molecule has 0 radical (unpaired) electrons. The van der Waals surface area contributed by atoms with Crippen LogP contribution in [0.15, 0.2) is 28.7 Å². The van der Waals surface area contributed by atoms with Crippen molar-refractivity contribution in [3.63, 3.8) is 0 Å². The van der Waals surface area contributed by atoms with Crippen molar-refractivity contribution >= 4 is 21.6 Å². The molecule has 0 aliphatic carbocycles. The number of likely N-dealkylation sites (N-methyl/N-ethyl adjacent to an activating group) is 1. The summed E-state index contributed by atoms with van der Waals surface area (Å²) in [7, 11) is 2.20. The van der Waals surface area contributed by atoms with Gasteiger partial charge >= 0.3 is 0 Å². The van der Waals surface area contributed by atoms with Gasteiger partial charge in [-0.25, -0.2) is 0 Å². The van der Waals surface area contributed by atoms with Crippen molar-refractivity contribution in [2.75, 3.05) is 25.5 Å². The second-order valence-electron chi connectivity index (χ2n) is 4.56. The Morgan fingerprint density at radius 3 is 2.82 bits per heavy atom. The van der Waals surface area contributed by atoms with Crippen LogP contribution in [0, 0.1) is 0 Å². The second-order valence-corrected chi connectivity index (χ2v) is 5.47. The van der Waals surface area contributed by atoms with Crippen LogP contribution in [0.25, 0.3) is 0 Å². The molecule has 0 aliphatic heterocycles. The smallest absolute Gasteiger partial charge is 0.0351 e. The third-order valence-corrected chi connectivity index (χ3v) is 3.57. The first-order chi connectivity index (χ1) is 8.13. The lowest BCUT2D eigenvalue weighted by atomic mass is 10.2. The average Bonchev–Trinajstić information content (AvgIpc) is 2.29. The van der Waals surface area contributed by atoms with E-state index in [2.05, 4.69) is 65.2 Å². The highest BCUT2D eigenvalue weighted by atomic mass is 79.9. The number of hydrogen-bond acceptors (Lipinski definition) is 2. The summed E-state index contributed by atoms with van der Waals surface area (Å²) >= 11 is 3.48. The van der Waals surface area contributed by atoms with Crippen LogP contribution in [-0.4, -0.2) is 31.1 Å². The number of anilines is 1. The molecule has 1 unspecified atom stereocenters. The molecule has 1 rings (SSSR count). The van der Waals surface area contributed by atoms with Crippen LogP contribution in [0.1, 0.15) is 26.7 Å². The first-order valence-electron chi connectivity index (χ1n) is 6.33. The molecule has 0 spiro atoms. The van der Waals surface area contributed by atoms with Crippen molar-refractivity contribution in [1.82, 2.24) is 4.90 Å². The number of benzene rings is 1. The lowest BCUT2D eigenvalue weighted by Gasteiger charge is -2.24. The Labute approximate surface area is 114 Å². The van der Waals surface area contributed by atoms with Crippen molar-refractivity contribution in [1.29, 1.82) is 0 Å². The molecule has 1 aromatic carbocycles. The van der Waals surface area contributed by atoms with Crippen LogP contribution in [0.3, 0.4) is 0 Å². The first kappa shape index (κ1) is 14.5. The zero-order valence-electron chi connectivity index (χ0n) is 11.0. The molecule has 2 nitrogen and oxygen atoms in total. The largest absolute Gasteiger partial charge is 0.384 e. The third kappa shape index (κ3) is 5.55. The summed E-state index contributed by atoms with van der Waals surface area (Å²) in [6, 6.07) is 8.97. The van der Waals surface area contributed by atoms with E-state index < -0.39 is 0 Å². The Balaban J connectivity index is 2.28. The van der Waals surface area contributed by atoms with E-state index in [9.17, 15) is 0 Å². The molecule has 0 aliphatic rings. The van der Waals surface area contributed by atoms with Crippen molar-refractivity contribution < 1.29 is 0 Å². The highest BCUT2D eigenvalue weighted by Gasteiger charge is 2.06. The van der Waals surface area contributed by atoms with Crippen molar-refractivity contribution in [3.05, 3.63) is 28.7 Å². The Kier molecular flexibility index (Phi) is 6.60. The minimum absolute atomic E-state index is 0.671. The summed E-state index contributed by atoms with van der Waals surface area (Å²) in [5, 5.41) is 3.44. The maximum absolute atomic E-state index is 3.48. The quantitative estimate of drug-likeness (QED) is 0.819. The van der Waals surface area contributed by atoms with E-state index in [1.54, 1.807) is 0 Å². The molecule has 0 bridgehead atoms. The zero-order chi connectivity index (χ0) is 12.7. The number of rotatable bonds is 7. The predicted octanol–water partition coefficient (Wildman–Crippen LogP) is 3.98. The molecule has 0 saturated carbocycles. The highest BCUT2D eigenvalue weighted by Crippen LogP contribution is 2.15. The van der Waals surface area contributed by atoms with Crippen LogP contribution in [0.5, 0.6) is 0 Å². The van der Waals surface area contributed by atoms with Gasteiger partial charge < -0.3 is 10.2 Å². The minimum atomic E-state index is 0.671. The molecule has 1 atom stereocenters. The van der Waals surface area contributed by atoms with E-state index in [0.717, 1.165) is 17.6 Å². The molecule has 0 aromatic heterocycles. The fraction of sp³-hybridized carbons (Fsp3) is 0.571. The Bertz CT molecular complexity index is 328. The summed E-state index contributed by atoms with van der Waals surface area (Å²) in [6.45, 7) is 6.60. The van der Waals surface area contributed by atoms with Crippen molar-refractivity contribution in [2.45, 2.75) is 32.7 Å². The Morgan fingerprint density at radius 2 is 2.18 bits per heavy atom. The molecule has 0 amide bonds. The van der Waals surface area contributed by atoms with Gasteiger partial charge in [0.25, 0.3) is 0 Å². The van der Waals surface area contributed by atoms with Crippen LogP contribution in [-0.2, 0) is 0 Å². The second kappa shape index (κ2) is 7.72. The molecular formula is C14H23BrN2. The van der Waals surface area contributed by atoms with Gasteiger partial charge in [-0.2, -0.15) is 0 Å². The molecule has 17 heavy (non-hydrogen) atoms. The average molecular weight is 299 g/mol. The summed E-state index contributed by atoms with van der Waals surface area (Å²) in [5.41, 5.74) is 1.18. The summed E-state index contributed by atoms with van der Waals surface area (Å²) in [4.78, 5) is 2.41. The summed E-state index contributed by atoms with van der Waals surface area (Å²) in [5.74, 6) is 0. The molecule has 0 heterocycles. The van der Waals surface area contributed by atoms with E-state index in [1.807, 2.05) is 6.07 Å². The van der Waals surface area contributed by atoms with Gasteiger partial charge in [0.05, 0.1) is 0 Å². The summed E-state index contributed by atoms with van der Waals surface area (Å²) in [6.07, 6.45) is 2.53. The van der Waals surface area contributed by atoms with Gasteiger partial charge in [0.15, 0.2) is 0 Å². The SMILES string of the molecule is CCCC(C)N(C)CCNc1cccc(Br)c1. The van der Waals surface area contributed by atoms with Crippen LogP contribution >= 0.6 is 15.9 Å². The third-order valence-electron chi connectivity index (χ3n) is 3.08. The Morgan fingerprint density at radius 1 is 1.41 bits per heavy atom. The fourth-order valence-electron chi connectivity index (χ4n) is 1.83. The van der Waals surface area contributed by atoms with Crippen molar-refractivity contribution in [3.8, 4) is 0 Å². The standard InChI is InChI=1S/C14H23BrN2/c1-4-6-12(2)17(3)10-9-16-14-8-5-7-13(15)11-14/h5,7-8,11-12,16H,4,6,9-10H2,1-3H3.